The van der Waals surface area contributed by atoms with Crippen LogP contribution in [-0.4, -0.2) is 36.7 Å². The van der Waals surface area contributed by atoms with Crippen molar-refractivity contribution in [2.24, 2.45) is 11.3 Å². The average Bonchev–Trinajstić information content (AvgIpc) is 2.52. The molecule has 0 saturated heterocycles. The molecule has 0 N–H and O–H groups in total. The minimum atomic E-state index is 0.102. The Kier molecular flexibility index (Phi) is 6.74. The fourth-order valence-corrected chi connectivity index (χ4v) is 4.03. The molecule has 0 heterocycles. The summed E-state index contributed by atoms with van der Waals surface area (Å²) in [5, 5.41) is 0. The topological polar surface area (TPSA) is 12.5 Å². The predicted octanol–water partition coefficient (Wildman–Crippen LogP) is 5.12. The lowest BCUT2D eigenvalue weighted by Crippen LogP contribution is -2.55. The molecule has 21 heavy (non-hydrogen) atoms. The van der Waals surface area contributed by atoms with Gasteiger partial charge in [-0.3, -0.25) is 4.90 Å². The number of hydrogen-bond donors (Lipinski definition) is 0. The van der Waals surface area contributed by atoms with Gasteiger partial charge in [0.1, 0.15) is 0 Å². The van der Waals surface area contributed by atoms with E-state index in [1.165, 1.54) is 38.5 Å². The first-order chi connectivity index (χ1) is 9.72. The van der Waals surface area contributed by atoms with Gasteiger partial charge in [0.15, 0.2) is 0 Å². The Morgan fingerprint density at radius 3 is 1.90 bits per heavy atom. The monoisotopic (exact) mass is 297 g/mol. The van der Waals surface area contributed by atoms with Gasteiger partial charge in [0.2, 0.25) is 0 Å². The number of ether oxygens (including phenoxy) is 1. The van der Waals surface area contributed by atoms with Crippen LogP contribution in [0.5, 0.6) is 0 Å². The number of likely N-dealkylation sites (N-methyl/N-ethyl adjacent to an activating group) is 1. The lowest BCUT2D eigenvalue weighted by Gasteiger charge is -2.48. The summed E-state index contributed by atoms with van der Waals surface area (Å²) in [5.74, 6) is 0.917. The second-order valence-corrected chi connectivity index (χ2v) is 8.01. The van der Waals surface area contributed by atoms with Crippen molar-refractivity contribution in [2.75, 3.05) is 14.2 Å². The lowest BCUT2D eigenvalue weighted by molar-refractivity contribution is -0.0456. The molecule has 0 bridgehead atoms. The Bertz CT molecular complexity index is 301. The van der Waals surface area contributed by atoms with Gasteiger partial charge in [-0.15, -0.1) is 0 Å². The molecule has 1 aliphatic carbocycles. The summed E-state index contributed by atoms with van der Waals surface area (Å²) in [7, 11) is 4.12. The van der Waals surface area contributed by atoms with Gasteiger partial charge in [-0.1, -0.05) is 33.6 Å². The first-order valence-electron chi connectivity index (χ1n) is 8.98. The van der Waals surface area contributed by atoms with E-state index in [0.29, 0.717) is 11.5 Å². The van der Waals surface area contributed by atoms with Crippen LogP contribution in [-0.2, 0) is 4.74 Å². The third-order valence-electron chi connectivity index (χ3n) is 7.10. The summed E-state index contributed by atoms with van der Waals surface area (Å²) < 4.78 is 5.60. The normalized spacial score (nSPS) is 26.1. The number of hydrogen-bond acceptors (Lipinski definition) is 2. The van der Waals surface area contributed by atoms with Crippen molar-refractivity contribution in [1.82, 2.24) is 4.90 Å². The average molecular weight is 298 g/mol. The summed E-state index contributed by atoms with van der Waals surface area (Å²) in [5.41, 5.74) is 0.657. The Balaban J connectivity index is 2.64. The third kappa shape index (κ3) is 4.01. The van der Waals surface area contributed by atoms with Crippen LogP contribution in [0, 0.1) is 11.3 Å². The van der Waals surface area contributed by atoms with Crippen LogP contribution in [0.1, 0.15) is 80.1 Å². The Morgan fingerprint density at radius 2 is 1.52 bits per heavy atom. The standard InChI is InChI=1S/C19H39NO/c1-9-19(6,10-2)16-11-13-17(14-12-16)20(7)18(4,5)15(3)21-8/h15-17H,9-14H2,1-8H3. The molecule has 2 nitrogen and oxygen atoms in total. The van der Waals surface area contributed by atoms with Gasteiger partial charge in [0, 0.05) is 18.7 Å². The second kappa shape index (κ2) is 7.46. The van der Waals surface area contributed by atoms with E-state index in [2.05, 4.69) is 53.5 Å². The molecule has 126 valence electrons. The van der Waals surface area contributed by atoms with Gasteiger partial charge in [-0.2, -0.15) is 0 Å². The summed E-state index contributed by atoms with van der Waals surface area (Å²) >= 11 is 0. The van der Waals surface area contributed by atoms with E-state index in [-0.39, 0.29) is 11.6 Å². The molecule has 2 heteroatoms. The number of rotatable bonds is 7. The van der Waals surface area contributed by atoms with Crippen LogP contribution >= 0.6 is 0 Å². The number of nitrogens with zero attached hydrogens (tertiary/aromatic N) is 1. The molecule has 0 aromatic rings. The molecule has 1 atom stereocenters. The predicted molar refractivity (Wildman–Crippen MR) is 92.7 cm³/mol. The highest BCUT2D eigenvalue weighted by molar-refractivity contribution is 4.93. The summed E-state index contributed by atoms with van der Waals surface area (Å²) in [6.45, 7) is 14.0. The molecule has 1 unspecified atom stereocenters. The van der Waals surface area contributed by atoms with Crippen molar-refractivity contribution >= 4 is 0 Å². The molecular formula is C19H39NO. The maximum Gasteiger partial charge on any atom is 0.0721 e. The van der Waals surface area contributed by atoms with Crippen molar-refractivity contribution in [2.45, 2.75) is 97.8 Å². The van der Waals surface area contributed by atoms with Crippen molar-refractivity contribution in [1.29, 1.82) is 0 Å². The van der Waals surface area contributed by atoms with Crippen molar-refractivity contribution in [3.05, 3.63) is 0 Å². The molecule has 0 aromatic heterocycles. The van der Waals surface area contributed by atoms with Gasteiger partial charge in [-0.25, -0.2) is 0 Å². The highest BCUT2D eigenvalue weighted by Crippen LogP contribution is 2.44. The van der Waals surface area contributed by atoms with E-state index in [4.69, 9.17) is 4.74 Å². The molecule has 0 amide bonds. The SMILES string of the molecule is CCC(C)(CC)C1CCC(N(C)C(C)(C)C(C)OC)CC1. The largest absolute Gasteiger partial charge is 0.380 e. The van der Waals surface area contributed by atoms with Crippen molar-refractivity contribution in [3.63, 3.8) is 0 Å². The van der Waals surface area contributed by atoms with Crippen molar-refractivity contribution < 1.29 is 4.74 Å². The number of methoxy groups -OCH3 is 1. The Morgan fingerprint density at radius 1 is 1.05 bits per heavy atom. The fourth-order valence-electron chi connectivity index (χ4n) is 4.03. The molecule has 1 aliphatic rings. The minimum absolute atomic E-state index is 0.102. The zero-order valence-electron chi connectivity index (χ0n) is 15.8. The molecule has 1 saturated carbocycles. The van der Waals surface area contributed by atoms with Crippen molar-refractivity contribution in [3.8, 4) is 0 Å². The Labute approximate surface area is 133 Å². The van der Waals surface area contributed by atoms with Crippen LogP contribution < -0.4 is 0 Å². The molecule has 1 rings (SSSR count). The van der Waals surface area contributed by atoms with E-state index in [0.717, 1.165) is 5.92 Å². The summed E-state index contributed by atoms with van der Waals surface area (Å²) in [4.78, 5) is 2.58. The molecule has 0 aromatic carbocycles. The molecule has 0 spiro atoms. The van der Waals surface area contributed by atoms with Gasteiger partial charge < -0.3 is 4.74 Å². The molecular weight excluding hydrogens is 258 g/mol. The maximum atomic E-state index is 5.60. The molecule has 1 fully saturated rings. The lowest BCUT2D eigenvalue weighted by atomic mass is 9.66. The zero-order chi connectivity index (χ0) is 16.3. The Hall–Kier alpha value is -0.0800. The van der Waals surface area contributed by atoms with E-state index in [9.17, 15) is 0 Å². The first kappa shape index (κ1) is 19.0. The fraction of sp³-hybridized carbons (Fsp3) is 1.00. The molecule has 0 radical (unpaired) electrons. The quantitative estimate of drug-likeness (QED) is 0.647. The van der Waals surface area contributed by atoms with E-state index >= 15 is 0 Å². The van der Waals surface area contributed by atoms with E-state index in [1.807, 2.05) is 7.11 Å². The van der Waals surface area contributed by atoms with Crippen LogP contribution in [0.15, 0.2) is 0 Å². The van der Waals surface area contributed by atoms with Crippen LogP contribution in [0.4, 0.5) is 0 Å². The minimum Gasteiger partial charge on any atom is -0.380 e. The summed E-state index contributed by atoms with van der Waals surface area (Å²) in [6.07, 6.45) is 8.38. The van der Waals surface area contributed by atoms with Crippen LogP contribution in [0.25, 0.3) is 0 Å². The van der Waals surface area contributed by atoms with E-state index in [1.54, 1.807) is 0 Å². The highest BCUT2D eigenvalue weighted by Gasteiger charge is 2.39. The first-order valence-corrected chi connectivity index (χ1v) is 8.98. The van der Waals surface area contributed by atoms with Crippen LogP contribution in [0.2, 0.25) is 0 Å². The van der Waals surface area contributed by atoms with Crippen LogP contribution in [0.3, 0.4) is 0 Å². The molecule has 0 aliphatic heterocycles. The highest BCUT2D eigenvalue weighted by atomic mass is 16.5. The van der Waals surface area contributed by atoms with Gasteiger partial charge in [-0.05, 0) is 64.8 Å². The zero-order valence-corrected chi connectivity index (χ0v) is 15.8. The van der Waals surface area contributed by atoms with Gasteiger partial charge in [0.25, 0.3) is 0 Å². The second-order valence-electron chi connectivity index (χ2n) is 8.01. The smallest absolute Gasteiger partial charge is 0.0721 e. The summed E-state index contributed by atoms with van der Waals surface area (Å²) in [6, 6.07) is 0.715. The maximum absolute atomic E-state index is 5.60. The van der Waals surface area contributed by atoms with Gasteiger partial charge in [0.05, 0.1) is 6.10 Å². The van der Waals surface area contributed by atoms with E-state index < -0.39 is 0 Å². The van der Waals surface area contributed by atoms with Gasteiger partial charge >= 0.3 is 0 Å². The third-order valence-corrected chi connectivity index (χ3v) is 7.10.